The van der Waals surface area contributed by atoms with E-state index in [4.69, 9.17) is 0 Å². The minimum absolute atomic E-state index is 0.0945. The summed E-state index contributed by atoms with van der Waals surface area (Å²) >= 11 is 0. The zero-order valence-corrected chi connectivity index (χ0v) is 14.4. The van der Waals surface area contributed by atoms with E-state index in [1.165, 1.54) is 0 Å². The van der Waals surface area contributed by atoms with Crippen molar-refractivity contribution >= 4 is 26.0 Å². The third-order valence-corrected chi connectivity index (χ3v) is 6.60. The van der Waals surface area contributed by atoms with Gasteiger partial charge in [-0.2, -0.15) is 0 Å². The van der Waals surface area contributed by atoms with Gasteiger partial charge in [-0.3, -0.25) is 0 Å². The maximum Gasteiger partial charge on any atom is 0.407 e. The molecule has 2 rings (SSSR count). The van der Waals surface area contributed by atoms with E-state index in [-0.39, 0.29) is 11.5 Å². The average Bonchev–Trinajstić information content (AvgIpc) is 2.72. The van der Waals surface area contributed by atoms with Crippen molar-refractivity contribution in [3.8, 4) is 0 Å². The zero-order chi connectivity index (χ0) is 18.0. The molecule has 8 nitrogen and oxygen atoms in total. The maximum atomic E-state index is 12.9. The van der Waals surface area contributed by atoms with Crippen LogP contribution in [-0.4, -0.2) is 53.1 Å². The largest absolute Gasteiger partial charge is 0.450 e. The van der Waals surface area contributed by atoms with Gasteiger partial charge in [0.15, 0.2) is 9.84 Å². The Morgan fingerprint density at radius 1 is 1.25 bits per heavy atom. The number of ether oxygens (including phenoxy) is 1. The molecule has 0 radical (unpaired) electrons. The lowest BCUT2D eigenvalue weighted by Gasteiger charge is -2.20. The second-order valence-electron chi connectivity index (χ2n) is 5.23. The van der Waals surface area contributed by atoms with Gasteiger partial charge in [-0.05, 0) is 31.2 Å². The smallest absolute Gasteiger partial charge is 0.407 e. The third-order valence-electron chi connectivity index (χ3n) is 3.36. The first-order chi connectivity index (χ1) is 11.1. The maximum absolute atomic E-state index is 12.9. The number of carbonyl (C=O) groups excluding carboxylic acids is 1. The Kier molecular flexibility index (Phi) is 5.45. The van der Waals surface area contributed by atoms with Gasteiger partial charge in [-0.1, -0.05) is 0 Å². The molecule has 0 spiro atoms. The highest BCUT2D eigenvalue weighted by atomic mass is 32.2. The molecule has 0 aromatic heterocycles. The van der Waals surface area contributed by atoms with Crippen LogP contribution in [0.1, 0.15) is 6.92 Å². The number of hydrogen-bond acceptors (Lipinski definition) is 6. The Labute approximate surface area is 139 Å². The summed E-state index contributed by atoms with van der Waals surface area (Å²) < 4.78 is 68.0. The van der Waals surface area contributed by atoms with Crippen LogP contribution in [0.2, 0.25) is 0 Å². The molecular weight excluding hydrogens is 363 g/mol. The first-order valence-corrected chi connectivity index (χ1v) is 10.3. The molecule has 2 atom stereocenters. The summed E-state index contributed by atoms with van der Waals surface area (Å²) in [5, 5.41) is 2.34. The summed E-state index contributed by atoms with van der Waals surface area (Å²) in [5.41, 5.74) is 0. The third kappa shape index (κ3) is 4.65. The van der Waals surface area contributed by atoms with E-state index in [0.717, 1.165) is 24.3 Å². The number of sulfone groups is 1. The monoisotopic (exact) mass is 380 g/mol. The second kappa shape index (κ2) is 7.03. The van der Waals surface area contributed by atoms with Gasteiger partial charge in [0.25, 0.3) is 0 Å². The topological polar surface area (TPSA) is 119 Å². The van der Waals surface area contributed by atoms with Crippen LogP contribution in [0.15, 0.2) is 29.2 Å². The summed E-state index contributed by atoms with van der Waals surface area (Å²) in [4.78, 5) is 11.3. The molecule has 1 aliphatic heterocycles. The van der Waals surface area contributed by atoms with E-state index in [2.05, 4.69) is 14.8 Å². The van der Waals surface area contributed by atoms with Gasteiger partial charge in [0, 0.05) is 0 Å². The number of alkyl carbamates (subject to hydrolysis) is 1. The Balaban J connectivity index is 2.18. The molecule has 1 aromatic carbocycles. The van der Waals surface area contributed by atoms with Crippen LogP contribution in [0, 0.1) is 5.82 Å². The summed E-state index contributed by atoms with van der Waals surface area (Å²) in [6, 6.07) is 2.09. The lowest BCUT2D eigenvalue weighted by Crippen LogP contribution is -2.50. The van der Waals surface area contributed by atoms with Crippen molar-refractivity contribution in [3.05, 3.63) is 30.1 Å². The molecular formula is C13H17FN2O6S2. The Bertz CT molecular complexity index is 807. The van der Waals surface area contributed by atoms with Crippen molar-refractivity contribution in [2.75, 3.05) is 18.1 Å². The first kappa shape index (κ1) is 18.6. The van der Waals surface area contributed by atoms with Crippen molar-refractivity contribution < 1.29 is 30.8 Å². The van der Waals surface area contributed by atoms with Crippen molar-refractivity contribution in [3.63, 3.8) is 0 Å². The Morgan fingerprint density at radius 3 is 2.42 bits per heavy atom. The zero-order valence-electron chi connectivity index (χ0n) is 12.7. The van der Waals surface area contributed by atoms with Crippen molar-refractivity contribution in [1.29, 1.82) is 0 Å². The van der Waals surface area contributed by atoms with Crippen LogP contribution >= 0.6 is 0 Å². The van der Waals surface area contributed by atoms with Gasteiger partial charge < -0.3 is 10.1 Å². The molecule has 24 heavy (non-hydrogen) atoms. The Hall–Kier alpha value is -1.72. The van der Waals surface area contributed by atoms with Gasteiger partial charge in [-0.15, -0.1) is 0 Å². The van der Waals surface area contributed by atoms with Crippen LogP contribution in [-0.2, 0) is 24.6 Å². The minimum atomic E-state index is -4.06. The quantitative estimate of drug-likeness (QED) is 0.743. The van der Waals surface area contributed by atoms with E-state index >= 15 is 0 Å². The highest BCUT2D eigenvalue weighted by Gasteiger charge is 2.41. The van der Waals surface area contributed by atoms with E-state index in [9.17, 15) is 26.0 Å². The fourth-order valence-corrected chi connectivity index (χ4v) is 5.55. The van der Waals surface area contributed by atoms with E-state index in [1.54, 1.807) is 6.92 Å². The molecule has 0 aliphatic carbocycles. The molecule has 1 fully saturated rings. The van der Waals surface area contributed by atoms with Crippen LogP contribution in [0.4, 0.5) is 9.18 Å². The molecule has 1 saturated heterocycles. The molecule has 0 bridgehead atoms. The lowest BCUT2D eigenvalue weighted by molar-refractivity contribution is 0.148. The van der Waals surface area contributed by atoms with Crippen molar-refractivity contribution in [1.82, 2.24) is 10.0 Å². The SMILES string of the molecule is CCOC(=O)N[C@@H]1CS(=O)(=O)C[C@@H]1NS(=O)(=O)c1ccc(F)cc1. The van der Waals surface area contributed by atoms with Crippen molar-refractivity contribution in [2.45, 2.75) is 23.9 Å². The number of nitrogens with one attached hydrogen (secondary N) is 2. The van der Waals surface area contributed by atoms with E-state index in [1.807, 2.05) is 0 Å². The molecule has 11 heteroatoms. The molecule has 1 aliphatic rings. The molecule has 134 valence electrons. The van der Waals surface area contributed by atoms with Crippen LogP contribution in [0.3, 0.4) is 0 Å². The van der Waals surface area contributed by atoms with Crippen LogP contribution < -0.4 is 10.0 Å². The molecule has 0 unspecified atom stereocenters. The van der Waals surface area contributed by atoms with Gasteiger partial charge in [0.2, 0.25) is 10.0 Å². The summed E-state index contributed by atoms with van der Waals surface area (Å²) in [7, 11) is -7.59. The molecule has 1 amide bonds. The van der Waals surface area contributed by atoms with Gasteiger partial charge in [0.1, 0.15) is 5.82 Å². The summed E-state index contributed by atoms with van der Waals surface area (Å²) in [6.45, 7) is 1.68. The summed E-state index contributed by atoms with van der Waals surface area (Å²) in [6.07, 6.45) is -0.828. The number of benzene rings is 1. The molecule has 1 heterocycles. The highest BCUT2D eigenvalue weighted by molar-refractivity contribution is 7.92. The fraction of sp³-hybridized carbons (Fsp3) is 0.462. The minimum Gasteiger partial charge on any atom is -0.450 e. The second-order valence-corrected chi connectivity index (χ2v) is 9.10. The standard InChI is InChI=1S/C13H17FN2O6S2/c1-2-22-13(17)15-11-7-23(18,19)8-12(11)16-24(20,21)10-5-3-9(14)4-6-10/h3-6,11-12,16H,2,7-8H2,1H3,(H,15,17)/t11-,12+/m1/s1. The highest BCUT2D eigenvalue weighted by Crippen LogP contribution is 2.17. The lowest BCUT2D eigenvalue weighted by atomic mass is 10.2. The Morgan fingerprint density at radius 2 is 1.83 bits per heavy atom. The predicted octanol–water partition coefficient (Wildman–Crippen LogP) is 0.0157. The number of hydrogen-bond donors (Lipinski definition) is 2. The number of rotatable bonds is 5. The predicted molar refractivity (Wildman–Crippen MR) is 83.1 cm³/mol. The van der Waals surface area contributed by atoms with Crippen molar-refractivity contribution in [2.24, 2.45) is 0 Å². The van der Waals surface area contributed by atoms with E-state index < -0.39 is 55.4 Å². The average molecular weight is 380 g/mol. The normalized spacial score (nSPS) is 22.9. The van der Waals surface area contributed by atoms with Gasteiger partial charge >= 0.3 is 6.09 Å². The number of carbonyl (C=O) groups is 1. The first-order valence-electron chi connectivity index (χ1n) is 7.04. The van der Waals surface area contributed by atoms with Crippen LogP contribution in [0.5, 0.6) is 0 Å². The summed E-state index contributed by atoms with van der Waals surface area (Å²) in [5.74, 6) is -1.45. The number of sulfonamides is 1. The molecule has 1 aromatic rings. The van der Waals surface area contributed by atoms with Crippen LogP contribution in [0.25, 0.3) is 0 Å². The van der Waals surface area contributed by atoms with Gasteiger partial charge in [-0.25, -0.2) is 30.7 Å². The van der Waals surface area contributed by atoms with Gasteiger partial charge in [0.05, 0.1) is 35.1 Å². The number of halogens is 1. The van der Waals surface area contributed by atoms with E-state index in [0.29, 0.717) is 0 Å². The molecule has 0 saturated carbocycles. The molecule has 2 N–H and O–H groups in total. The fourth-order valence-electron chi connectivity index (χ4n) is 2.31. The number of amides is 1.